The van der Waals surface area contributed by atoms with Crippen molar-refractivity contribution in [2.24, 2.45) is 5.92 Å². The van der Waals surface area contributed by atoms with Crippen molar-refractivity contribution in [2.75, 3.05) is 12.3 Å². The van der Waals surface area contributed by atoms with Crippen LogP contribution in [0.1, 0.15) is 20.3 Å². The molecule has 0 saturated heterocycles. The monoisotopic (exact) mass is 292 g/mol. The van der Waals surface area contributed by atoms with Crippen LogP contribution in [0.5, 0.6) is 0 Å². The molecule has 0 saturated carbocycles. The first-order chi connectivity index (χ1) is 9.45. The molecule has 0 aliphatic heterocycles. The molecule has 3 N–H and O–H groups in total. The first-order valence-electron chi connectivity index (χ1n) is 6.72. The Morgan fingerprint density at radius 3 is 2.45 bits per heavy atom. The van der Waals surface area contributed by atoms with E-state index in [2.05, 4.69) is 4.72 Å². The first-order valence-corrected chi connectivity index (χ1v) is 8.21. The fourth-order valence-corrected chi connectivity index (χ4v) is 3.38. The van der Waals surface area contributed by atoms with Crippen molar-refractivity contribution < 1.29 is 8.42 Å². The van der Waals surface area contributed by atoms with Crippen LogP contribution < -0.4 is 10.5 Å². The minimum atomic E-state index is -3.51. The lowest BCUT2D eigenvalue weighted by Gasteiger charge is -2.13. The summed E-state index contributed by atoms with van der Waals surface area (Å²) in [5, 5.41) is 1.42. The van der Waals surface area contributed by atoms with Gasteiger partial charge >= 0.3 is 0 Å². The van der Waals surface area contributed by atoms with Gasteiger partial charge in [-0.15, -0.1) is 0 Å². The van der Waals surface area contributed by atoms with E-state index in [4.69, 9.17) is 5.73 Å². The molecule has 0 radical (unpaired) electrons. The molecule has 2 aromatic carbocycles. The van der Waals surface area contributed by atoms with Crippen LogP contribution in [-0.4, -0.2) is 15.0 Å². The maximum absolute atomic E-state index is 12.4. The molecule has 0 spiro atoms. The van der Waals surface area contributed by atoms with Crippen LogP contribution in [-0.2, 0) is 10.0 Å². The molecular weight excluding hydrogens is 272 g/mol. The lowest BCUT2D eigenvalue weighted by Crippen LogP contribution is -2.28. The second kappa shape index (κ2) is 5.81. The lowest BCUT2D eigenvalue weighted by atomic mass is 10.1. The van der Waals surface area contributed by atoms with E-state index in [1.165, 1.54) is 0 Å². The Morgan fingerprint density at radius 2 is 1.80 bits per heavy atom. The minimum absolute atomic E-state index is 0.283. The molecule has 0 aliphatic carbocycles. The molecule has 0 aliphatic rings. The van der Waals surface area contributed by atoms with Crippen LogP contribution in [0.15, 0.2) is 41.3 Å². The van der Waals surface area contributed by atoms with E-state index in [0.717, 1.165) is 11.8 Å². The summed E-state index contributed by atoms with van der Waals surface area (Å²) < 4.78 is 27.5. The van der Waals surface area contributed by atoms with Crippen LogP contribution in [0.2, 0.25) is 0 Å². The molecular formula is C15H20N2O2S. The third kappa shape index (κ3) is 2.94. The second-order valence-corrected chi connectivity index (χ2v) is 6.80. The minimum Gasteiger partial charge on any atom is -0.398 e. The van der Waals surface area contributed by atoms with Gasteiger partial charge in [0, 0.05) is 23.0 Å². The quantitative estimate of drug-likeness (QED) is 0.832. The van der Waals surface area contributed by atoms with Gasteiger partial charge in [0.25, 0.3) is 0 Å². The van der Waals surface area contributed by atoms with E-state index in [1.54, 1.807) is 18.2 Å². The van der Waals surface area contributed by atoms with Gasteiger partial charge in [-0.1, -0.05) is 44.5 Å². The van der Waals surface area contributed by atoms with E-state index < -0.39 is 10.0 Å². The van der Waals surface area contributed by atoms with Crippen molar-refractivity contribution in [1.82, 2.24) is 4.72 Å². The summed E-state index contributed by atoms with van der Waals surface area (Å²) in [6.45, 7) is 4.50. The van der Waals surface area contributed by atoms with Gasteiger partial charge in [0.05, 0.1) is 4.90 Å². The number of fused-ring (bicyclic) bond motifs is 1. The summed E-state index contributed by atoms with van der Waals surface area (Å²) >= 11 is 0. The lowest BCUT2D eigenvalue weighted by molar-refractivity contribution is 0.529. The van der Waals surface area contributed by atoms with Gasteiger partial charge in [-0.3, -0.25) is 0 Å². The average molecular weight is 292 g/mol. The highest BCUT2D eigenvalue weighted by molar-refractivity contribution is 7.89. The average Bonchev–Trinajstić information content (AvgIpc) is 2.45. The Hall–Kier alpha value is -1.59. The molecule has 1 atom stereocenters. The van der Waals surface area contributed by atoms with E-state index in [9.17, 15) is 8.42 Å². The van der Waals surface area contributed by atoms with Crippen LogP contribution in [0.4, 0.5) is 5.69 Å². The van der Waals surface area contributed by atoms with Gasteiger partial charge in [0.1, 0.15) is 0 Å². The Bertz CT molecular complexity index is 711. The van der Waals surface area contributed by atoms with E-state index in [-0.39, 0.29) is 4.90 Å². The van der Waals surface area contributed by atoms with Crippen molar-refractivity contribution in [3.8, 4) is 0 Å². The Kier molecular flexibility index (Phi) is 4.30. The zero-order valence-corrected chi connectivity index (χ0v) is 12.6. The molecule has 4 nitrogen and oxygen atoms in total. The highest BCUT2D eigenvalue weighted by Crippen LogP contribution is 2.27. The van der Waals surface area contributed by atoms with Crippen molar-refractivity contribution in [2.45, 2.75) is 25.2 Å². The number of nitrogen functional groups attached to an aromatic ring is 1. The standard InChI is InChI=1S/C15H20N2O2S/c1-3-11(2)10-17-20(18,19)15-9-8-14(16)12-6-4-5-7-13(12)15/h4-9,11,17H,3,10,16H2,1-2H3. The highest BCUT2D eigenvalue weighted by Gasteiger charge is 2.18. The van der Waals surface area contributed by atoms with Gasteiger partial charge < -0.3 is 5.73 Å². The molecule has 0 aromatic heterocycles. The SMILES string of the molecule is CCC(C)CNS(=O)(=O)c1ccc(N)c2ccccc12. The normalized spacial score (nSPS) is 13.5. The van der Waals surface area contributed by atoms with Gasteiger partial charge in [-0.05, 0) is 18.1 Å². The molecule has 108 valence electrons. The zero-order chi connectivity index (χ0) is 14.8. The summed E-state index contributed by atoms with van der Waals surface area (Å²) in [5.74, 6) is 0.310. The molecule has 0 heterocycles. The summed E-state index contributed by atoms with van der Waals surface area (Å²) in [6, 6.07) is 10.5. The third-order valence-corrected chi connectivity index (χ3v) is 5.01. The predicted octanol–water partition coefficient (Wildman–Crippen LogP) is 2.75. The Labute approximate surface area is 120 Å². The van der Waals surface area contributed by atoms with Crippen molar-refractivity contribution in [3.63, 3.8) is 0 Å². The van der Waals surface area contributed by atoms with E-state index in [0.29, 0.717) is 23.5 Å². The fraction of sp³-hybridized carbons (Fsp3) is 0.333. The summed E-state index contributed by atoms with van der Waals surface area (Å²) in [5.41, 5.74) is 6.48. The molecule has 2 rings (SSSR count). The van der Waals surface area contributed by atoms with Crippen molar-refractivity contribution in [3.05, 3.63) is 36.4 Å². The molecule has 0 amide bonds. The maximum atomic E-state index is 12.4. The third-order valence-electron chi connectivity index (χ3n) is 3.53. The zero-order valence-electron chi connectivity index (χ0n) is 11.8. The largest absolute Gasteiger partial charge is 0.398 e. The summed E-state index contributed by atoms with van der Waals surface area (Å²) in [7, 11) is -3.51. The predicted molar refractivity (Wildman–Crippen MR) is 83.0 cm³/mol. The van der Waals surface area contributed by atoms with Crippen molar-refractivity contribution in [1.29, 1.82) is 0 Å². The van der Waals surface area contributed by atoms with Crippen LogP contribution >= 0.6 is 0 Å². The fourth-order valence-electron chi connectivity index (χ4n) is 2.00. The van der Waals surface area contributed by atoms with Gasteiger partial charge in [-0.2, -0.15) is 0 Å². The Morgan fingerprint density at radius 1 is 1.15 bits per heavy atom. The molecule has 0 bridgehead atoms. The van der Waals surface area contributed by atoms with Crippen LogP contribution in [0.25, 0.3) is 10.8 Å². The van der Waals surface area contributed by atoms with E-state index in [1.807, 2.05) is 32.0 Å². The number of sulfonamides is 1. The van der Waals surface area contributed by atoms with E-state index >= 15 is 0 Å². The molecule has 1 unspecified atom stereocenters. The van der Waals surface area contributed by atoms with Crippen molar-refractivity contribution >= 4 is 26.5 Å². The number of nitrogens with one attached hydrogen (secondary N) is 1. The summed E-state index contributed by atoms with van der Waals surface area (Å²) in [6.07, 6.45) is 0.936. The summed E-state index contributed by atoms with van der Waals surface area (Å²) in [4.78, 5) is 0.283. The number of benzene rings is 2. The molecule has 2 aromatic rings. The highest BCUT2D eigenvalue weighted by atomic mass is 32.2. The van der Waals surface area contributed by atoms with Gasteiger partial charge in [0.15, 0.2) is 0 Å². The van der Waals surface area contributed by atoms with Gasteiger partial charge in [0.2, 0.25) is 10.0 Å². The first kappa shape index (κ1) is 14.8. The smallest absolute Gasteiger partial charge is 0.241 e. The second-order valence-electron chi connectivity index (χ2n) is 5.06. The number of hydrogen-bond donors (Lipinski definition) is 2. The molecule has 0 fully saturated rings. The topological polar surface area (TPSA) is 72.2 Å². The number of anilines is 1. The van der Waals surface area contributed by atoms with Gasteiger partial charge in [-0.25, -0.2) is 13.1 Å². The molecule has 5 heteroatoms. The maximum Gasteiger partial charge on any atom is 0.241 e. The van der Waals surface area contributed by atoms with Crippen LogP contribution in [0.3, 0.4) is 0 Å². The van der Waals surface area contributed by atoms with Crippen LogP contribution in [0, 0.1) is 5.92 Å². The number of rotatable bonds is 5. The number of nitrogens with two attached hydrogens (primary N) is 1. The molecule has 20 heavy (non-hydrogen) atoms. The number of hydrogen-bond acceptors (Lipinski definition) is 3. The Balaban J connectivity index is 2.45.